The summed E-state index contributed by atoms with van der Waals surface area (Å²) in [6, 6.07) is 10.4. The molecule has 1 aromatic carbocycles. The Labute approximate surface area is 141 Å². The predicted octanol–water partition coefficient (Wildman–Crippen LogP) is 1.07. The number of rotatable bonds is 7. The van der Waals surface area contributed by atoms with Crippen LogP contribution in [0.2, 0.25) is 0 Å². The highest BCUT2D eigenvalue weighted by Gasteiger charge is 2.21. The van der Waals surface area contributed by atoms with Gasteiger partial charge >= 0.3 is 0 Å². The summed E-state index contributed by atoms with van der Waals surface area (Å²) in [6.45, 7) is 1.71. The zero-order chi connectivity index (χ0) is 17.6. The highest BCUT2D eigenvalue weighted by atomic mass is 32.2. The van der Waals surface area contributed by atoms with Crippen LogP contribution in [0.15, 0.2) is 53.6 Å². The third kappa shape index (κ3) is 4.77. The van der Waals surface area contributed by atoms with Crippen molar-refractivity contribution in [1.82, 2.24) is 15.0 Å². The number of carbonyl (C=O) groups excluding carboxylic acids is 1. The van der Waals surface area contributed by atoms with E-state index in [1.54, 1.807) is 30.5 Å². The molecular formula is C16H19N3O4S. The Morgan fingerprint density at radius 3 is 2.50 bits per heavy atom. The van der Waals surface area contributed by atoms with Crippen molar-refractivity contribution >= 4 is 15.9 Å². The monoisotopic (exact) mass is 349 g/mol. The highest BCUT2D eigenvalue weighted by molar-refractivity contribution is 7.89. The Morgan fingerprint density at radius 2 is 1.92 bits per heavy atom. The van der Waals surface area contributed by atoms with Crippen LogP contribution in [-0.4, -0.2) is 32.5 Å². The standard InChI is InChI=1S/C16H19N3O4S/c1-12(16(20)18-11-13-5-3-4-10-17-13)19-24(21,22)15-8-6-14(23-2)7-9-15/h3-10,12,19H,11H2,1-2H3,(H,18,20)/t12-/m0/s1. The maximum absolute atomic E-state index is 12.3. The van der Waals surface area contributed by atoms with Crippen LogP contribution in [0, 0.1) is 0 Å². The number of ether oxygens (including phenoxy) is 1. The second kappa shape index (κ2) is 7.89. The smallest absolute Gasteiger partial charge is 0.241 e. The van der Waals surface area contributed by atoms with Gasteiger partial charge in [0, 0.05) is 6.20 Å². The number of nitrogens with zero attached hydrogens (tertiary/aromatic N) is 1. The third-order valence-electron chi connectivity index (χ3n) is 3.26. The minimum Gasteiger partial charge on any atom is -0.497 e. The molecule has 7 nitrogen and oxygen atoms in total. The molecule has 0 aliphatic rings. The number of benzene rings is 1. The molecular weight excluding hydrogens is 330 g/mol. The van der Waals surface area contributed by atoms with Crippen LogP contribution in [0.5, 0.6) is 5.75 Å². The molecule has 0 aliphatic carbocycles. The first kappa shape index (κ1) is 17.9. The van der Waals surface area contributed by atoms with Gasteiger partial charge in [-0.1, -0.05) is 6.07 Å². The van der Waals surface area contributed by atoms with Crippen LogP contribution >= 0.6 is 0 Å². The van der Waals surface area contributed by atoms with E-state index < -0.39 is 22.0 Å². The normalized spacial score (nSPS) is 12.4. The Bertz CT molecular complexity index is 777. The second-order valence-corrected chi connectivity index (χ2v) is 6.77. The lowest BCUT2D eigenvalue weighted by Gasteiger charge is -2.14. The quantitative estimate of drug-likeness (QED) is 0.779. The maximum atomic E-state index is 12.3. The SMILES string of the molecule is COc1ccc(S(=O)(=O)N[C@@H](C)C(=O)NCc2ccccn2)cc1. The maximum Gasteiger partial charge on any atom is 0.241 e. The average Bonchev–Trinajstić information content (AvgIpc) is 2.60. The van der Waals surface area contributed by atoms with Crippen molar-refractivity contribution in [1.29, 1.82) is 0 Å². The van der Waals surface area contributed by atoms with Gasteiger partial charge in [-0.15, -0.1) is 0 Å². The van der Waals surface area contributed by atoms with Gasteiger partial charge in [0.25, 0.3) is 0 Å². The molecule has 2 aromatic rings. The number of amides is 1. The van der Waals surface area contributed by atoms with Crippen molar-refractivity contribution in [2.75, 3.05) is 7.11 Å². The van der Waals surface area contributed by atoms with Gasteiger partial charge in [-0.05, 0) is 43.3 Å². The molecule has 1 heterocycles. The fourth-order valence-electron chi connectivity index (χ4n) is 1.94. The van der Waals surface area contributed by atoms with Crippen molar-refractivity contribution < 1.29 is 17.9 Å². The van der Waals surface area contributed by atoms with Crippen molar-refractivity contribution in [3.05, 3.63) is 54.4 Å². The number of carbonyl (C=O) groups is 1. The molecule has 0 unspecified atom stereocenters. The van der Waals surface area contributed by atoms with E-state index in [-0.39, 0.29) is 11.4 Å². The van der Waals surface area contributed by atoms with Crippen molar-refractivity contribution in [3.8, 4) is 5.75 Å². The summed E-state index contributed by atoms with van der Waals surface area (Å²) >= 11 is 0. The molecule has 128 valence electrons. The number of pyridine rings is 1. The summed E-state index contributed by atoms with van der Waals surface area (Å²) in [7, 11) is -2.30. The van der Waals surface area contributed by atoms with Gasteiger partial charge in [0.2, 0.25) is 15.9 Å². The lowest BCUT2D eigenvalue weighted by atomic mass is 10.3. The van der Waals surface area contributed by atoms with E-state index in [0.29, 0.717) is 11.4 Å². The molecule has 0 aliphatic heterocycles. The second-order valence-electron chi connectivity index (χ2n) is 5.06. The van der Waals surface area contributed by atoms with Crippen LogP contribution in [0.3, 0.4) is 0 Å². The third-order valence-corrected chi connectivity index (χ3v) is 4.82. The minimum atomic E-state index is -3.79. The van der Waals surface area contributed by atoms with Crippen molar-refractivity contribution in [2.24, 2.45) is 0 Å². The summed E-state index contributed by atoms with van der Waals surface area (Å²) in [5.41, 5.74) is 0.691. The molecule has 8 heteroatoms. The van der Waals surface area contributed by atoms with Gasteiger partial charge in [-0.2, -0.15) is 4.72 Å². The van der Waals surface area contributed by atoms with Crippen LogP contribution in [-0.2, 0) is 21.4 Å². The Kier molecular flexibility index (Phi) is 5.88. The molecule has 2 N–H and O–H groups in total. The average molecular weight is 349 g/mol. The van der Waals surface area contributed by atoms with Crippen molar-refractivity contribution in [3.63, 3.8) is 0 Å². The molecule has 24 heavy (non-hydrogen) atoms. The molecule has 0 spiro atoms. The highest BCUT2D eigenvalue weighted by Crippen LogP contribution is 2.15. The van der Waals surface area contributed by atoms with Crippen LogP contribution in [0.1, 0.15) is 12.6 Å². The minimum absolute atomic E-state index is 0.0627. The first-order valence-corrected chi connectivity index (χ1v) is 8.74. The number of hydrogen-bond donors (Lipinski definition) is 2. The topological polar surface area (TPSA) is 97.4 Å². The number of sulfonamides is 1. The Morgan fingerprint density at radius 1 is 1.21 bits per heavy atom. The van der Waals surface area contributed by atoms with Crippen molar-refractivity contribution in [2.45, 2.75) is 24.4 Å². The molecule has 0 saturated carbocycles. The van der Waals surface area contributed by atoms with E-state index >= 15 is 0 Å². The first-order chi connectivity index (χ1) is 11.4. The fraction of sp³-hybridized carbons (Fsp3) is 0.250. The number of nitrogens with one attached hydrogen (secondary N) is 2. The zero-order valence-electron chi connectivity index (χ0n) is 13.4. The number of methoxy groups -OCH3 is 1. The summed E-state index contributed by atoms with van der Waals surface area (Å²) < 4.78 is 31.9. The molecule has 0 saturated heterocycles. The molecule has 1 aromatic heterocycles. The van der Waals surface area contributed by atoms with Gasteiger partial charge in [-0.3, -0.25) is 9.78 Å². The largest absolute Gasteiger partial charge is 0.497 e. The number of hydrogen-bond acceptors (Lipinski definition) is 5. The first-order valence-electron chi connectivity index (χ1n) is 7.26. The lowest BCUT2D eigenvalue weighted by Crippen LogP contribution is -2.44. The Hall–Kier alpha value is -2.45. The summed E-state index contributed by atoms with van der Waals surface area (Å²) in [5.74, 6) is 0.118. The van der Waals surface area contributed by atoms with Gasteiger partial charge in [0.1, 0.15) is 5.75 Å². The molecule has 1 atom stereocenters. The van der Waals surface area contributed by atoms with E-state index in [1.807, 2.05) is 6.07 Å². The van der Waals surface area contributed by atoms with Gasteiger partial charge in [-0.25, -0.2) is 8.42 Å². The Balaban J connectivity index is 1.96. The van der Waals surface area contributed by atoms with E-state index in [9.17, 15) is 13.2 Å². The van der Waals surface area contributed by atoms with E-state index in [0.717, 1.165) is 0 Å². The summed E-state index contributed by atoms with van der Waals surface area (Å²) in [6.07, 6.45) is 1.62. The van der Waals surface area contributed by atoms with E-state index in [2.05, 4.69) is 15.0 Å². The van der Waals surface area contributed by atoms with Gasteiger partial charge in [0.15, 0.2) is 0 Å². The zero-order valence-corrected chi connectivity index (χ0v) is 14.2. The van der Waals surface area contributed by atoms with Gasteiger partial charge in [0.05, 0.1) is 30.3 Å². The van der Waals surface area contributed by atoms with E-state index in [4.69, 9.17) is 4.74 Å². The summed E-state index contributed by atoms with van der Waals surface area (Å²) in [5, 5.41) is 2.64. The molecule has 2 rings (SSSR count). The van der Waals surface area contributed by atoms with Gasteiger partial charge < -0.3 is 10.1 Å². The molecule has 0 bridgehead atoms. The molecule has 0 radical (unpaired) electrons. The van der Waals surface area contributed by atoms with Crippen LogP contribution in [0.4, 0.5) is 0 Å². The predicted molar refractivity (Wildman–Crippen MR) is 88.9 cm³/mol. The fourth-order valence-corrected chi connectivity index (χ4v) is 3.15. The summed E-state index contributed by atoms with van der Waals surface area (Å²) in [4.78, 5) is 16.2. The molecule has 1 amide bonds. The molecule has 0 fully saturated rings. The lowest BCUT2D eigenvalue weighted by molar-refractivity contribution is -0.122. The van der Waals surface area contributed by atoms with E-state index in [1.165, 1.54) is 26.2 Å². The van der Waals surface area contributed by atoms with Crippen LogP contribution < -0.4 is 14.8 Å². The van der Waals surface area contributed by atoms with Crippen LogP contribution in [0.25, 0.3) is 0 Å². The number of aromatic nitrogens is 1.